The highest BCUT2D eigenvalue weighted by Gasteiger charge is 2.14. The summed E-state index contributed by atoms with van der Waals surface area (Å²) in [5.74, 6) is -0.881. The molecule has 0 saturated carbocycles. The summed E-state index contributed by atoms with van der Waals surface area (Å²) in [5, 5.41) is 2.11. The first kappa shape index (κ1) is 16.6. The van der Waals surface area contributed by atoms with Crippen molar-refractivity contribution in [3.05, 3.63) is 40.7 Å². The van der Waals surface area contributed by atoms with E-state index in [0.29, 0.717) is 5.69 Å². The third-order valence-corrected chi connectivity index (χ3v) is 4.72. The lowest BCUT2D eigenvalue weighted by atomic mass is 10.3. The number of aromatic nitrogens is 3. The first-order chi connectivity index (χ1) is 10.3. The molecular formula is C12H10Cl2N4O3S. The SMILES string of the molecule is CCS(=O)(=O)c1ccc(NC(=O)c2nc(Cl)nc(Cl)n2)cc1. The fourth-order valence-corrected chi connectivity index (χ4v) is 2.77. The van der Waals surface area contributed by atoms with E-state index in [4.69, 9.17) is 23.2 Å². The van der Waals surface area contributed by atoms with E-state index in [2.05, 4.69) is 20.3 Å². The molecule has 0 bridgehead atoms. The molecule has 10 heteroatoms. The van der Waals surface area contributed by atoms with Gasteiger partial charge in [-0.3, -0.25) is 4.79 Å². The van der Waals surface area contributed by atoms with Crippen LogP contribution in [0.25, 0.3) is 0 Å². The Bertz CT molecular complexity index is 789. The Balaban J connectivity index is 2.19. The fourth-order valence-electron chi connectivity index (χ4n) is 1.53. The first-order valence-electron chi connectivity index (χ1n) is 6.03. The maximum absolute atomic E-state index is 12.0. The van der Waals surface area contributed by atoms with E-state index < -0.39 is 15.7 Å². The molecule has 2 rings (SSSR count). The number of carbonyl (C=O) groups is 1. The highest BCUT2D eigenvalue weighted by atomic mass is 35.5. The molecular weight excluding hydrogens is 351 g/mol. The van der Waals surface area contributed by atoms with Crippen molar-refractivity contribution in [3.63, 3.8) is 0 Å². The van der Waals surface area contributed by atoms with Gasteiger partial charge in [-0.2, -0.15) is 15.0 Å². The largest absolute Gasteiger partial charge is 0.319 e. The Labute approximate surface area is 136 Å². The van der Waals surface area contributed by atoms with Gasteiger partial charge in [0.1, 0.15) is 0 Å². The van der Waals surface area contributed by atoms with Crippen molar-refractivity contribution in [3.8, 4) is 0 Å². The third-order valence-electron chi connectivity index (χ3n) is 2.64. The predicted molar refractivity (Wildman–Crippen MR) is 82.0 cm³/mol. The number of hydrogen-bond acceptors (Lipinski definition) is 6. The minimum absolute atomic E-state index is 0.000555. The summed E-state index contributed by atoms with van der Waals surface area (Å²) in [7, 11) is -3.29. The van der Waals surface area contributed by atoms with Gasteiger partial charge in [0.2, 0.25) is 16.4 Å². The van der Waals surface area contributed by atoms with Gasteiger partial charge in [0.25, 0.3) is 5.91 Å². The number of rotatable bonds is 4. The molecule has 0 saturated heterocycles. The van der Waals surface area contributed by atoms with E-state index >= 15 is 0 Å². The quantitative estimate of drug-likeness (QED) is 0.896. The van der Waals surface area contributed by atoms with E-state index in [0.717, 1.165) is 0 Å². The monoisotopic (exact) mass is 360 g/mol. The van der Waals surface area contributed by atoms with Gasteiger partial charge >= 0.3 is 0 Å². The molecule has 1 amide bonds. The Morgan fingerprint density at radius 1 is 1.09 bits per heavy atom. The predicted octanol–water partition coefficient (Wildman–Crippen LogP) is 2.22. The van der Waals surface area contributed by atoms with Gasteiger partial charge in [-0.15, -0.1) is 0 Å². The van der Waals surface area contributed by atoms with Gasteiger partial charge in [0, 0.05) is 5.69 Å². The van der Waals surface area contributed by atoms with Crippen LogP contribution in [-0.2, 0) is 9.84 Å². The molecule has 1 aromatic carbocycles. The first-order valence-corrected chi connectivity index (χ1v) is 8.44. The second-order valence-corrected chi connectivity index (χ2v) is 7.03. The number of anilines is 1. The van der Waals surface area contributed by atoms with Gasteiger partial charge in [-0.1, -0.05) is 6.92 Å². The van der Waals surface area contributed by atoms with Crippen molar-refractivity contribution in [1.29, 1.82) is 0 Å². The van der Waals surface area contributed by atoms with E-state index in [1.165, 1.54) is 24.3 Å². The number of nitrogens with zero attached hydrogens (tertiary/aromatic N) is 3. The molecule has 0 aliphatic carbocycles. The summed E-state index contributed by atoms with van der Waals surface area (Å²) >= 11 is 11.2. The minimum atomic E-state index is -3.29. The lowest BCUT2D eigenvalue weighted by molar-refractivity contribution is 0.101. The average Bonchev–Trinajstić information content (AvgIpc) is 2.46. The minimum Gasteiger partial charge on any atom is -0.319 e. The number of halogens is 2. The van der Waals surface area contributed by atoms with Crippen LogP contribution in [0.1, 0.15) is 17.5 Å². The lowest BCUT2D eigenvalue weighted by Crippen LogP contribution is -2.16. The molecule has 0 unspecified atom stereocenters. The maximum Gasteiger partial charge on any atom is 0.293 e. The van der Waals surface area contributed by atoms with Crippen molar-refractivity contribution in [2.45, 2.75) is 11.8 Å². The molecule has 1 N–H and O–H groups in total. The van der Waals surface area contributed by atoms with Crippen molar-refractivity contribution in [1.82, 2.24) is 15.0 Å². The zero-order chi connectivity index (χ0) is 16.3. The van der Waals surface area contributed by atoms with Crippen molar-refractivity contribution in [2.24, 2.45) is 0 Å². The number of nitrogens with one attached hydrogen (secondary N) is 1. The molecule has 7 nitrogen and oxygen atoms in total. The zero-order valence-electron chi connectivity index (χ0n) is 11.2. The second kappa shape index (κ2) is 6.55. The lowest BCUT2D eigenvalue weighted by Gasteiger charge is -2.06. The van der Waals surface area contributed by atoms with Crippen LogP contribution in [-0.4, -0.2) is 35.0 Å². The highest BCUT2D eigenvalue weighted by molar-refractivity contribution is 7.91. The van der Waals surface area contributed by atoms with Crippen LogP contribution >= 0.6 is 23.2 Å². The Morgan fingerprint density at radius 2 is 1.64 bits per heavy atom. The van der Waals surface area contributed by atoms with Crippen LogP contribution in [0.3, 0.4) is 0 Å². The molecule has 0 fully saturated rings. The van der Waals surface area contributed by atoms with Crippen molar-refractivity contribution < 1.29 is 13.2 Å². The van der Waals surface area contributed by atoms with E-state index in [-0.39, 0.29) is 27.0 Å². The summed E-state index contributed by atoms with van der Waals surface area (Å²) in [6.45, 7) is 1.55. The molecule has 22 heavy (non-hydrogen) atoms. The number of sulfone groups is 1. The number of hydrogen-bond donors (Lipinski definition) is 1. The van der Waals surface area contributed by atoms with E-state index in [1.807, 2.05) is 0 Å². The van der Waals surface area contributed by atoms with Crippen LogP contribution < -0.4 is 5.32 Å². The van der Waals surface area contributed by atoms with Crippen molar-refractivity contribution >= 4 is 44.6 Å². The van der Waals surface area contributed by atoms with E-state index in [1.54, 1.807) is 6.92 Å². The highest BCUT2D eigenvalue weighted by Crippen LogP contribution is 2.16. The van der Waals surface area contributed by atoms with Crippen LogP contribution in [0.2, 0.25) is 10.6 Å². The molecule has 116 valence electrons. The molecule has 1 heterocycles. The summed E-state index contributed by atoms with van der Waals surface area (Å²) < 4.78 is 23.4. The normalized spacial score (nSPS) is 11.2. The summed E-state index contributed by atoms with van der Waals surface area (Å²) in [4.78, 5) is 23.0. The van der Waals surface area contributed by atoms with Gasteiger partial charge in [-0.25, -0.2) is 8.42 Å². The van der Waals surface area contributed by atoms with Gasteiger partial charge in [0.15, 0.2) is 9.84 Å². The van der Waals surface area contributed by atoms with Crippen LogP contribution in [0.5, 0.6) is 0 Å². The van der Waals surface area contributed by atoms with Gasteiger partial charge in [-0.05, 0) is 47.5 Å². The van der Waals surface area contributed by atoms with Crippen molar-refractivity contribution in [2.75, 3.05) is 11.1 Å². The third kappa shape index (κ3) is 3.90. The topological polar surface area (TPSA) is 102 Å². The summed E-state index contributed by atoms with van der Waals surface area (Å²) in [6.07, 6.45) is 0. The summed E-state index contributed by atoms with van der Waals surface area (Å²) in [5.41, 5.74) is 0.382. The average molecular weight is 361 g/mol. The molecule has 0 radical (unpaired) electrons. The molecule has 0 spiro atoms. The fraction of sp³-hybridized carbons (Fsp3) is 0.167. The summed E-state index contributed by atoms with van der Waals surface area (Å²) in [6, 6.07) is 5.74. The second-order valence-electron chi connectivity index (χ2n) is 4.08. The van der Waals surface area contributed by atoms with Crippen LogP contribution in [0.4, 0.5) is 5.69 Å². The number of amides is 1. The van der Waals surface area contributed by atoms with Gasteiger partial charge < -0.3 is 5.32 Å². The standard InChI is InChI=1S/C12H10Cl2N4O3S/c1-2-22(20,21)8-5-3-7(4-6-8)15-10(19)9-16-11(13)18-12(14)17-9/h3-6H,2H2,1H3,(H,15,19). The molecule has 0 atom stereocenters. The number of benzene rings is 1. The Hall–Kier alpha value is -1.77. The molecule has 0 aliphatic heterocycles. The Kier molecular flexibility index (Phi) is 4.94. The van der Waals surface area contributed by atoms with E-state index in [9.17, 15) is 13.2 Å². The van der Waals surface area contributed by atoms with Crippen LogP contribution in [0, 0.1) is 0 Å². The Morgan fingerprint density at radius 3 is 2.14 bits per heavy atom. The molecule has 2 aromatic rings. The van der Waals surface area contributed by atoms with Gasteiger partial charge in [0.05, 0.1) is 10.6 Å². The maximum atomic E-state index is 12.0. The molecule has 0 aliphatic rings. The zero-order valence-corrected chi connectivity index (χ0v) is 13.6. The van der Waals surface area contributed by atoms with Crippen LogP contribution in [0.15, 0.2) is 29.2 Å². The smallest absolute Gasteiger partial charge is 0.293 e. The molecule has 1 aromatic heterocycles. The number of carbonyl (C=O) groups excluding carboxylic acids is 1.